The van der Waals surface area contributed by atoms with Crippen molar-refractivity contribution in [2.75, 3.05) is 19.6 Å². The summed E-state index contributed by atoms with van der Waals surface area (Å²) in [6.45, 7) is 8.90. The van der Waals surface area contributed by atoms with Crippen molar-refractivity contribution < 1.29 is 4.74 Å². The van der Waals surface area contributed by atoms with Crippen molar-refractivity contribution in [3.8, 4) is 5.75 Å². The molecule has 0 bridgehead atoms. The Morgan fingerprint density at radius 1 is 0.692 bits per heavy atom. The summed E-state index contributed by atoms with van der Waals surface area (Å²) in [6.07, 6.45) is 7.58. The van der Waals surface area contributed by atoms with E-state index in [1.165, 1.54) is 62.9 Å². The SMILES string of the molecule is CCCCN(CCCC)CCCc1ccc(OCc2ccccc2)cc1. The maximum Gasteiger partial charge on any atom is 0.119 e. The second kappa shape index (κ2) is 12.5. The highest BCUT2D eigenvalue weighted by molar-refractivity contribution is 5.27. The van der Waals surface area contributed by atoms with Crippen LogP contribution in [0.4, 0.5) is 0 Å². The lowest BCUT2D eigenvalue weighted by Crippen LogP contribution is -2.27. The standard InChI is InChI=1S/C24H35NO/c1-3-5-18-25(19-6-4-2)20-10-13-22-14-16-24(17-15-22)26-21-23-11-8-7-9-12-23/h7-9,11-12,14-17H,3-6,10,13,18-21H2,1-2H3. The van der Waals surface area contributed by atoms with Gasteiger partial charge in [-0.25, -0.2) is 0 Å². The first-order valence-electron chi connectivity index (χ1n) is 10.3. The third-order valence-electron chi connectivity index (χ3n) is 4.77. The van der Waals surface area contributed by atoms with Crippen LogP contribution in [0.25, 0.3) is 0 Å². The predicted octanol–water partition coefficient (Wildman–Crippen LogP) is 6.10. The number of hydrogen-bond acceptors (Lipinski definition) is 2. The van der Waals surface area contributed by atoms with Crippen LogP contribution in [0, 0.1) is 0 Å². The van der Waals surface area contributed by atoms with Gasteiger partial charge in [0.15, 0.2) is 0 Å². The zero-order valence-corrected chi connectivity index (χ0v) is 16.6. The van der Waals surface area contributed by atoms with E-state index in [1.807, 2.05) is 18.2 Å². The molecule has 0 saturated carbocycles. The number of hydrogen-bond donors (Lipinski definition) is 0. The average Bonchev–Trinajstić information content (AvgIpc) is 2.69. The van der Waals surface area contributed by atoms with E-state index in [0.29, 0.717) is 6.61 Å². The molecular weight excluding hydrogens is 318 g/mol. The van der Waals surface area contributed by atoms with Crippen molar-refractivity contribution in [1.29, 1.82) is 0 Å². The molecule has 0 N–H and O–H groups in total. The second-order valence-corrected chi connectivity index (χ2v) is 7.07. The lowest BCUT2D eigenvalue weighted by atomic mass is 10.1. The summed E-state index contributed by atoms with van der Waals surface area (Å²) in [6, 6.07) is 18.9. The molecule has 0 heterocycles. The van der Waals surface area contributed by atoms with Gasteiger partial charge in [0.2, 0.25) is 0 Å². The molecule has 0 saturated heterocycles. The summed E-state index contributed by atoms with van der Waals surface area (Å²) in [7, 11) is 0. The van der Waals surface area contributed by atoms with E-state index < -0.39 is 0 Å². The smallest absolute Gasteiger partial charge is 0.119 e. The topological polar surface area (TPSA) is 12.5 Å². The van der Waals surface area contributed by atoms with E-state index in [1.54, 1.807) is 0 Å². The molecule has 0 atom stereocenters. The second-order valence-electron chi connectivity index (χ2n) is 7.07. The summed E-state index contributed by atoms with van der Waals surface area (Å²) >= 11 is 0. The van der Waals surface area contributed by atoms with Crippen molar-refractivity contribution in [1.82, 2.24) is 4.90 Å². The molecule has 0 aliphatic carbocycles. The minimum Gasteiger partial charge on any atom is -0.489 e. The van der Waals surface area contributed by atoms with Crippen LogP contribution in [0.5, 0.6) is 5.75 Å². The normalized spacial score (nSPS) is 11.0. The molecule has 2 aromatic carbocycles. The average molecular weight is 354 g/mol. The number of ether oxygens (including phenoxy) is 1. The van der Waals surface area contributed by atoms with E-state index in [0.717, 1.165) is 12.2 Å². The number of nitrogens with zero attached hydrogens (tertiary/aromatic N) is 1. The summed E-state index contributed by atoms with van der Waals surface area (Å²) in [5.41, 5.74) is 2.61. The fraction of sp³-hybridized carbons (Fsp3) is 0.500. The van der Waals surface area contributed by atoms with Crippen molar-refractivity contribution in [3.63, 3.8) is 0 Å². The Kier molecular flexibility index (Phi) is 9.89. The van der Waals surface area contributed by atoms with Crippen LogP contribution in [0.2, 0.25) is 0 Å². The molecule has 0 aliphatic heterocycles. The van der Waals surface area contributed by atoms with Gasteiger partial charge in [0.1, 0.15) is 12.4 Å². The molecule has 2 nitrogen and oxygen atoms in total. The van der Waals surface area contributed by atoms with Crippen molar-refractivity contribution in [2.45, 2.75) is 59.0 Å². The van der Waals surface area contributed by atoms with Crippen molar-refractivity contribution in [2.24, 2.45) is 0 Å². The van der Waals surface area contributed by atoms with Gasteiger partial charge in [-0.15, -0.1) is 0 Å². The van der Waals surface area contributed by atoms with Gasteiger partial charge in [0.25, 0.3) is 0 Å². The van der Waals surface area contributed by atoms with Crippen LogP contribution in [0.1, 0.15) is 57.1 Å². The minimum atomic E-state index is 0.629. The van der Waals surface area contributed by atoms with Crippen LogP contribution in [-0.4, -0.2) is 24.5 Å². The highest BCUT2D eigenvalue weighted by Crippen LogP contribution is 2.15. The van der Waals surface area contributed by atoms with Crippen LogP contribution in [0.3, 0.4) is 0 Å². The Hall–Kier alpha value is -1.80. The molecule has 2 aromatic rings. The number of unbranched alkanes of at least 4 members (excludes halogenated alkanes) is 2. The molecule has 2 heteroatoms. The van der Waals surface area contributed by atoms with Crippen LogP contribution in [-0.2, 0) is 13.0 Å². The van der Waals surface area contributed by atoms with Crippen LogP contribution in [0.15, 0.2) is 54.6 Å². The number of benzene rings is 2. The van der Waals surface area contributed by atoms with Crippen molar-refractivity contribution >= 4 is 0 Å². The maximum atomic E-state index is 5.87. The Bertz CT molecular complexity index is 571. The highest BCUT2D eigenvalue weighted by Gasteiger charge is 2.04. The Morgan fingerprint density at radius 3 is 1.92 bits per heavy atom. The van der Waals surface area contributed by atoms with E-state index in [4.69, 9.17) is 4.74 Å². The Morgan fingerprint density at radius 2 is 1.31 bits per heavy atom. The van der Waals surface area contributed by atoms with Gasteiger partial charge in [-0.05, 0) is 68.6 Å². The first kappa shape index (κ1) is 20.5. The summed E-state index contributed by atoms with van der Waals surface area (Å²) in [5, 5.41) is 0. The Labute approximate surface area is 160 Å². The molecule has 0 aromatic heterocycles. The van der Waals surface area contributed by atoms with Crippen molar-refractivity contribution in [3.05, 3.63) is 65.7 Å². The molecule has 0 radical (unpaired) electrons. The van der Waals surface area contributed by atoms with Crippen LogP contribution < -0.4 is 4.74 Å². The third kappa shape index (κ3) is 8.05. The first-order valence-corrected chi connectivity index (χ1v) is 10.3. The first-order chi connectivity index (χ1) is 12.8. The van der Waals surface area contributed by atoms with E-state index in [-0.39, 0.29) is 0 Å². The Balaban J connectivity index is 1.72. The lowest BCUT2D eigenvalue weighted by Gasteiger charge is -2.21. The van der Waals surface area contributed by atoms with Crippen LogP contribution >= 0.6 is 0 Å². The van der Waals surface area contributed by atoms with Gasteiger partial charge in [-0.1, -0.05) is 69.2 Å². The molecule has 26 heavy (non-hydrogen) atoms. The molecule has 142 valence electrons. The summed E-state index contributed by atoms with van der Waals surface area (Å²) < 4.78 is 5.87. The monoisotopic (exact) mass is 353 g/mol. The number of rotatable bonds is 13. The van der Waals surface area contributed by atoms with Gasteiger partial charge < -0.3 is 9.64 Å². The predicted molar refractivity (Wildman–Crippen MR) is 112 cm³/mol. The fourth-order valence-corrected chi connectivity index (χ4v) is 3.10. The lowest BCUT2D eigenvalue weighted by molar-refractivity contribution is 0.262. The minimum absolute atomic E-state index is 0.629. The highest BCUT2D eigenvalue weighted by atomic mass is 16.5. The quantitative estimate of drug-likeness (QED) is 0.431. The molecule has 0 spiro atoms. The van der Waals surface area contributed by atoms with Gasteiger partial charge in [-0.3, -0.25) is 0 Å². The van der Waals surface area contributed by atoms with E-state index in [9.17, 15) is 0 Å². The van der Waals surface area contributed by atoms with Gasteiger partial charge in [-0.2, -0.15) is 0 Å². The fourth-order valence-electron chi connectivity index (χ4n) is 3.10. The van der Waals surface area contributed by atoms with Gasteiger partial charge in [0, 0.05) is 0 Å². The molecular formula is C24H35NO. The zero-order valence-electron chi connectivity index (χ0n) is 16.6. The summed E-state index contributed by atoms with van der Waals surface area (Å²) in [4.78, 5) is 2.64. The summed E-state index contributed by atoms with van der Waals surface area (Å²) in [5.74, 6) is 0.949. The largest absolute Gasteiger partial charge is 0.489 e. The van der Waals surface area contributed by atoms with Gasteiger partial charge >= 0.3 is 0 Å². The molecule has 0 aliphatic rings. The van der Waals surface area contributed by atoms with Gasteiger partial charge in [0.05, 0.1) is 0 Å². The molecule has 2 rings (SSSR count). The molecule has 0 unspecified atom stereocenters. The molecule has 0 amide bonds. The van der Waals surface area contributed by atoms with E-state index in [2.05, 4.69) is 55.1 Å². The number of aryl methyl sites for hydroxylation is 1. The maximum absolute atomic E-state index is 5.87. The third-order valence-corrected chi connectivity index (χ3v) is 4.77. The molecule has 0 fully saturated rings. The van der Waals surface area contributed by atoms with E-state index >= 15 is 0 Å². The zero-order chi connectivity index (χ0) is 18.5.